The minimum atomic E-state index is -3.63. The molecule has 0 aliphatic carbocycles. The van der Waals surface area contributed by atoms with Crippen molar-refractivity contribution in [2.24, 2.45) is 0 Å². The molecule has 20 heavy (non-hydrogen) atoms. The maximum absolute atomic E-state index is 12.6. The van der Waals surface area contributed by atoms with Crippen molar-refractivity contribution in [3.8, 4) is 6.07 Å². The third-order valence-electron chi connectivity index (χ3n) is 2.81. The summed E-state index contributed by atoms with van der Waals surface area (Å²) in [6.45, 7) is 2.08. The highest BCUT2D eigenvalue weighted by Crippen LogP contribution is 2.22. The lowest BCUT2D eigenvalue weighted by Crippen LogP contribution is -2.30. The average molecular weight is 287 g/mol. The molecule has 0 fully saturated rings. The van der Waals surface area contributed by atoms with Gasteiger partial charge in [-0.05, 0) is 43.3 Å². The third kappa shape index (κ3) is 2.63. The lowest BCUT2D eigenvalue weighted by Gasteiger charge is -2.22. The van der Waals surface area contributed by atoms with Gasteiger partial charge in [0, 0.05) is 18.9 Å². The highest BCUT2D eigenvalue weighted by molar-refractivity contribution is 7.92. The van der Waals surface area contributed by atoms with Crippen molar-refractivity contribution >= 4 is 15.7 Å². The summed E-state index contributed by atoms with van der Waals surface area (Å²) >= 11 is 0. The van der Waals surface area contributed by atoms with E-state index in [9.17, 15) is 8.42 Å². The molecule has 0 aliphatic heterocycles. The number of hydrogen-bond acceptors (Lipinski definition) is 4. The Bertz CT molecular complexity index is 719. The van der Waals surface area contributed by atoms with Crippen LogP contribution >= 0.6 is 0 Å². The van der Waals surface area contributed by atoms with Gasteiger partial charge in [-0.2, -0.15) is 5.26 Å². The van der Waals surface area contributed by atoms with Gasteiger partial charge < -0.3 is 0 Å². The molecule has 0 spiro atoms. The molecule has 0 bridgehead atoms. The molecule has 5 nitrogen and oxygen atoms in total. The first-order chi connectivity index (χ1) is 9.59. The number of pyridine rings is 1. The number of hydrogen-bond donors (Lipinski definition) is 0. The summed E-state index contributed by atoms with van der Waals surface area (Å²) < 4.78 is 26.5. The molecule has 0 amide bonds. The van der Waals surface area contributed by atoms with Crippen LogP contribution in [0.15, 0.2) is 53.7 Å². The molecule has 1 aromatic carbocycles. The Hall–Kier alpha value is -2.39. The molecule has 0 aliphatic rings. The van der Waals surface area contributed by atoms with E-state index in [0.717, 1.165) is 0 Å². The summed E-state index contributed by atoms with van der Waals surface area (Å²) in [5, 5.41) is 8.75. The Morgan fingerprint density at radius 3 is 2.25 bits per heavy atom. The van der Waals surface area contributed by atoms with Crippen LogP contribution < -0.4 is 4.31 Å². The summed E-state index contributed by atoms with van der Waals surface area (Å²) in [5.41, 5.74) is 0.989. The monoisotopic (exact) mass is 287 g/mol. The molecular weight excluding hydrogens is 274 g/mol. The van der Waals surface area contributed by atoms with Gasteiger partial charge in [-0.1, -0.05) is 0 Å². The number of aromatic nitrogens is 1. The maximum Gasteiger partial charge on any atom is 0.264 e. The van der Waals surface area contributed by atoms with Crippen LogP contribution in [0.2, 0.25) is 0 Å². The Morgan fingerprint density at radius 2 is 1.75 bits per heavy atom. The van der Waals surface area contributed by atoms with Crippen molar-refractivity contribution in [2.75, 3.05) is 10.8 Å². The molecule has 0 atom stereocenters. The van der Waals surface area contributed by atoms with Gasteiger partial charge in [-0.25, -0.2) is 8.42 Å². The second kappa shape index (κ2) is 5.72. The molecule has 0 saturated carbocycles. The van der Waals surface area contributed by atoms with Crippen LogP contribution in [0, 0.1) is 11.3 Å². The highest BCUT2D eigenvalue weighted by Gasteiger charge is 2.23. The minimum absolute atomic E-state index is 0.162. The standard InChI is InChI=1S/C14H13N3O2S/c1-2-17(13-7-9-16-10-8-13)20(18,19)14-5-3-12(11-15)4-6-14/h3-10H,2H2,1H3. The molecule has 102 valence electrons. The van der Waals surface area contributed by atoms with Crippen LogP contribution in [0.1, 0.15) is 12.5 Å². The lowest BCUT2D eigenvalue weighted by atomic mass is 10.2. The van der Waals surface area contributed by atoms with Crippen molar-refractivity contribution in [1.82, 2.24) is 4.98 Å². The second-order valence-corrected chi connectivity index (χ2v) is 5.87. The molecule has 1 heterocycles. The van der Waals surface area contributed by atoms with Crippen LogP contribution in [0.25, 0.3) is 0 Å². The van der Waals surface area contributed by atoms with Gasteiger partial charge in [-0.15, -0.1) is 0 Å². The SMILES string of the molecule is CCN(c1ccncc1)S(=O)(=O)c1ccc(C#N)cc1. The van der Waals surface area contributed by atoms with Gasteiger partial charge in [0.2, 0.25) is 0 Å². The highest BCUT2D eigenvalue weighted by atomic mass is 32.2. The summed E-state index contributed by atoms with van der Waals surface area (Å²) in [7, 11) is -3.63. The van der Waals surface area contributed by atoms with Gasteiger partial charge in [-0.3, -0.25) is 9.29 Å². The molecule has 1 aromatic heterocycles. The van der Waals surface area contributed by atoms with E-state index in [1.54, 1.807) is 31.5 Å². The number of sulfonamides is 1. The third-order valence-corrected chi connectivity index (χ3v) is 4.73. The van der Waals surface area contributed by atoms with Gasteiger partial charge >= 0.3 is 0 Å². The van der Waals surface area contributed by atoms with E-state index in [4.69, 9.17) is 5.26 Å². The fraction of sp³-hybridized carbons (Fsp3) is 0.143. The van der Waals surface area contributed by atoms with Crippen LogP contribution in [0.5, 0.6) is 0 Å². The quantitative estimate of drug-likeness (QED) is 0.863. The zero-order chi connectivity index (χ0) is 14.6. The maximum atomic E-state index is 12.6. The Labute approximate surface area is 118 Å². The number of anilines is 1. The Kier molecular flexibility index (Phi) is 4.01. The molecule has 6 heteroatoms. The van der Waals surface area contributed by atoms with Crippen LogP contribution in [-0.2, 0) is 10.0 Å². The zero-order valence-electron chi connectivity index (χ0n) is 10.9. The van der Waals surface area contributed by atoms with E-state index in [0.29, 0.717) is 17.8 Å². The number of benzene rings is 1. The first-order valence-electron chi connectivity index (χ1n) is 6.02. The first kappa shape index (κ1) is 14.0. The lowest BCUT2D eigenvalue weighted by molar-refractivity contribution is 0.592. The molecule has 2 aromatic rings. The summed E-state index contributed by atoms with van der Waals surface area (Å²) in [6, 6.07) is 11.1. The number of nitrogens with zero attached hydrogens (tertiary/aromatic N) is 3. The average Bonchev–Trinajstić information content (AvgIpc) is 2.49. The largest absolute Gasteiger partial charge is 0.267 e. The first-order valence-corrected chi connectivity index (χ1v) is 7.46. The van der Waals surface area contributed by atoms with E-state index in [1.807, 2.05) is 6.07 Å². The number of rotatable bonds is 4. The summed E-state index contributed by atoms with van der Waals surface area (Å²) in [6.07, 6.45) is 3.10. The van der Waals surface area contributed by atoms with Crippen molar-refractivity contribution in [3.05, 3.63) is 54.4 Å². The number of nitriles is 1. The molecule has 0 N–H and O–H groups in total. The van der Waals surface area contributed by atoms with Gasteiger partial charge in [0.05, 0.1) is 22.2 Å². The van der Waals surface area contributed by atoms with Gasteiger partial charge in [0.1, 0.15) is 0 Å². The molecule has 2 rings (SSSR count). The Morgan fingerprint density at radius 1 is 1.15 bits per heavy atom. The second-order valence-electron chi connectivity index (χ2n) is 4.01. The fourth-order valence-electron chi connectivity index (χ4n) is 1.83. The topological polar surface area (TPSA) is 74.1 Å². The minimum Gasteiger partial charge on any atom is -0.267 e. The molecule has 0 saturated heterocycles. The van der Waals surface area contributed by atoms with Crippen LogP contribution in [0.4, 0.5) is 5.69 Å². The molecule has 0 unspecified atom stereocenters. The smallest absolute Gasteiger partial charge is 0.264 e. The predicted molar refractivity (Wildman–Crippen MR) is 75.6 cm³/mol. The van der Waals surface area contributed by atoms with Crippen LogP contribution in [0.3, 0.4) is 0 Å². The zero-order valence-corrected chi connectivity index (χ0v) is 11.7. The summed E-state index contributed by atoms with van der Waals surface area (Å²) in [4.78, 5) is 4.04. The Balaban J connectivity index is 2.44. The normalized spacial score (nSPS) is 10.8. The fourth-order valence-corrected chi connectivity index (χ4v) is 3.30. The molecular formula is C14H13N3O2S. The van der Waals surface area contributed by atoms with Crippen molar-refractivity contribution in [1.29, 1.82) is 5.26 Å². The van der Waals surface area contributed by atoms with E-state index < -0.39 is 10.0 Å². The van der Waals surface area contributed by atoms with Crippen molar-refractivity contribution in [3.63, 3.8) is 0 Å². The van der Waals surface area contributed by atoms with Crippen molar-refractivity contribution in [2.45, 2.75) is 11.8 Å². The summed E-state index contributed by atoms with van der Waals surface area (Å²) in [5.74, 6) is 0. The molecule has 0 radical (unpaired) electrons. The van der Waals surface area contributed by atoms with Crippen molar-refractivity contribution < 1.29 is 8.42 Å². The van der Waals surface area contributed by atoms with E-state index in [1.165, 1.54) is 28.6 Å². The van der Waals surface area contributed by atoms with E-state index in [2.05, 4.69) is 4.98 Å². The van der Waals surface area contributed by atoms with E-state index in [-0.39, 0.29) is 4.90 Å². The van der Waals surface area contributed by atoms with Gasteiger partial charge in [0.25, 0.3) is 10.0 Å². The predicted octanol–water partition coefficient (Wildman–Crippen LogP) is 2.17. The van der Waals surface area contributed by atoms with Gasteiger partial charge in [0.15, 0.2) is 0 Å². The van der Waals surface area contributed by atoms with E-state index >= 15 is 0 Å². The van der Waals surface area contributed by atoms with Crippen LogP contribution in [-0.4, -0.2) is 19.9 Å².